The Morgan fingerprint density at radius 1 is 1.19 bits per heavy atom. The van der Waals surface area contributed by atoms with E-state index in [1.165, 1.54) is 17.0 Å². The number of fused-ring (bicyclic) bond motifs is 1. The maximum atomic E-state index is 13.5. The molecule has 12 heteroatoms. The molecule has 2 N–H and O–H groups in total. The zero-order chi connectivity index (χ0) is 27.5. The van der Waals surface area contributed by atoms with Gasteiger partial charge in [0.1, 0.15) is 12.2 Å². The van der Waals surface area contributed by atoms with Crippen molar-refractivity contribution in [2.75, 3.05) is 40.3 Å². The van der Waals surface area contributed by atoms with Crippen LogP contribution in [0.1, 0.15) is 31.7 Å². The molecular weight excluding hydrogens is 501 g/mol. The van der Waals surface area contributed by atoms with Crippen molar-refractivity contribution in [2.45, 2.75) is 55.8 Å². The number of likely N-dealkylation sites (tertiary alicyclic amines) is 2. The molecule has 37 heavy (non-hydrogen) atoms. The minimum atomic E-state index is -4.02. The van der Waals surface area contributed by atoms with Gasteiger partial charge in [-0.05, 0) is 50.7 Å². The Labute approximate surface area is 218 Å². The number of urea groups is 1. The van der Waals surface area contributed by atoms with Gasteiger partial charge >= 0.3 is 6.03 Å². The van der Waals surface area contributed by atoms with Gasteiger partial charge in [0.05, 0.1) is 24.1 Å². The third-order valence-electron chi connectivity index (χ3n) is 7.36. The second-order valence-corrected chi connectivity index (χ2v) is 12.2. The SMILES string of the molecule is CN(C)C(=O)N1C[C@@H]2CC(C)(NCC(=O)N3C[C@@H](F)C[C@H]3C#N)C[C@@H]2C1.Cc1ccc(S(=O)(=O)O)cc1. The second kappa shape index (κ2) is 11.3. The number of alkyl halides is 1. The topological polar surface area (TPSA) is 134 Å². The Kier molecular flexibility index (Phi) is 8.82. The van der Waals surface area contributed by atoms with E-state index >= 15 is 0 Å². The summed E-state index contributed by atoms with van der Waals surface area (Å²) in [7, 11) is -0.487. The lowest BCUT2D eigenvalue weighted by atomic mass is 9.98. The smallest absolute Gasteiger partial charge is 0.319 e. The summed E-state index contributed by atoms with van der Waals surface area (Å²) >= 11 is 0. The fourth-order valence-corrected chi connectivity index (χ4v) is 5.99. The number of carbonyl (C=O) groups excluding carboxylic acids is 2. The van der Waals surface area contributed by atoms with Crippen LogP contribution >= 0.6 is 0 Å². The average Bonchev–Trinajstić information content (AvgIpc) is 3.48. The first-order valence-electron chi connectivity index (χ1n) is 12.3. The number of hydrogen-bond donors (Lipinski definition) is 2. The van der Waals surface area contributed by atoms with Gasteiger partial charge in [-0.15, -0.1) is 0 Å². The number of amides is 3. The van der Waals surface area contributed by atoms with E-state index in [4.69, 9.17) is 9.81 Å². The molecule has 0 radical (unpaired) electrons. The van der Waals surface area contributed by atoms with E-state index in [1.54, 1.807) is 31.1 Å². The number of carbonyl (C=O) groups is 2. The Morgan fingerprint density at radius 3 is 2.24 bits per heavy atom. The number of hydrogen-bond acceptors (Lipinski definition) is 6. The summed E-state index contributed by atoms with van der Waals surface area (Å²) in [6.45, 7) is 5.62. The average molecular weight is 538 g/mol. The monoisotopic (exact) mass is 537 g/mol. The highest BCUT2D eigenvalue weighted by molar-refractivity contribution is 7.85. The van der Waals surface area contributed by atoms with Crippen LogP contribution in [0, 0.1) is 30.1 Å². The van der Waals surface area contributed by atoms with Crippen LogP contribution in [0.25, 0.3) is 0 Å². The van der Waals surface area contributed by atoms with Gasteiger partial charge < -0.3 is 20.0 Å². The predicted octanol–water partition coefficient (Wildman–Crippen LogP) is 2.06. The summed E-state index contributed by atoms with van der Waals surface area (Å²) in [6.07, 6.45) is 0.829. The maximum absolute atomic E-state index is 13.5. The maximum Gasteiger partial charge on any atom is 0.319 e. The molecule has 3 aliphatic rings. The number of nitrogens with one attached hydrogen (secondary N) is 1. The molecular formula is C25H36FN5O5S. The van der Waals surface area contributed by atoms with E-state index in [-0.39, 0.29) is 41.9 Å². The van der Waals surface area contributed by atoms with Crippen molar-refractivity contribution >= 4 is 22.1 Å². The molecule has 0 aromatic heterocycles. The van der Waals surface area contributed by atoms with E-state index < -0.39 is 22.3 Å². The summed E-state index contributed by atoms with van der Waals surface area (Å²) < 4.78 is 43.1. The van der Waals surface area contributed by atoms with Crippen LogP contribution in [-0.2, 0) is 14.9 Å². The molecule has 3 amide bonds. The van der Waals surface area contributed by atoms with E-state index in [0.717, 1.165) is 31.5 Å². The fourth-order valence-electron chi connectivity index (χ4n) is 5.51. The van der Waals surface area contributed by atoms with Gasteiger partial charge in [-0.3, -0.25) is 9.35 Å². The summed E-state index contributed by atoms with van der Waals surface area (Å²) in [6, 6.07) is 7.41. The number of rotatable bonds is 4. The van der Waals surface area contributed by atoms with Crippen molar-refractivity contribution in [3.8, 4) is 6.07 Å². The van der Waals surface area contributed by atoms with Crippen molar-refractivity contribution in [2.24, 2.45) is 11.8 Å². The van der Waals surface area contributed by atoms with Crippen molar-refractivity contribution in [1.29, 1.82) is 5.26 Å². The molecule has 204 valence electrons. The molecule has 1 aromatic rings. The summed E-state index contributed by atoms with van der Waals surface area (Å²) in [5, 5.41) is 12.4. The second-order valence-electron chi connectivity index (χ2n) is 10.7. The molecule has 0 bridgehead atoms. The van der Waals surface area contributed by atoms with E-state index in [9.17, 15) is 22.4 Å². The molecule has 1 aliphatic carbocycles. The third kappa shape index (κ3) is 7.18. The number of benzene rings is 1. The molecule has 0 spiro atoms. The number of aryl methyl sites for hydroxylation is 1. The van der Waals surface area contributed by atoms with Crippen LogP contribution in [0.3, 0.4) is 0 Å². The minimum Gasteiger partial charge on any atom is -0.331 e. The zero-order valence-corrected chi connectivity index (χ0v) is 22.5. The Morgan fingerprint density at radius 2 is 1.76 bits per heavy atom. The van der Waals surface area contributed by atoms with Gasteiger partial charge in [0, 0.05) is 39.1 Å². The number of halogens is 1. The highest BCUT2D eigenvalue weighted by atomic mass is 32.2. The van der Waals surface area contributed by atoms with Gasteiger partial charge in [0.25, 0.3) is 10.1 Å². The Balaban J connectivity index is 0.000000289. The molecule has 10 nitrogen and oxygen atoms in total. The van der Waals surface area contributed by atoms with Crippen molar-refractivity contribution < 1.29 is 27.0 Å². The van der Waals surface area contributed by atoms with Gasteiger partial charge in [-0.1, -0.05) is 17.7 Å². The van der Waals surface area contributed by atoms with Crippen LogP contribution in [-0.4, -0.2) is 97.6 Å². The highest BCUT2D eigenvalue weighted by Crippen LogP contribution is 2.43. The van der Waals surface area contributed by atoms with Crippen LogP contribution in [0.2, 0.25) is 0 Å². The molecule has 1 saturated carbocycles. The molecule has 3 fully saturated rings. The molecule has 5 atom stereocenters. The van der Waals surface area contributed by atoms with Crippen LogP contribution in [0.4, 0.5) is 9.18 Å². The Bertz CT molecular complexity index is 1120. The van der Waals surface area contributed by atoms with Crippen LogP contribution in [0.15, 0.2) is 29.2 Å². The first kappa shape index (κ1) is 28.8. The molecule has 1 aromatic carbocycles. The normalized spacial score (nSPS) is 28.8. The first-order valence-corrected chi connectivity index (χ1v) is 13.7. The largest absolute Gasteiger partial charge is 0.331 e. The van der Waals surface area contributed by atoms with E-state index in [2.05, 4.69) is 12.2 Å². The summed E-state index contributed by atoms with van der Waals surface area (Å²) in [5.41, 5.74) is 0.798. The lowest BCUT2D eigenvalue weighted by Gasteiger charge is -2.30. The standard InChI is InChI=1S/C18H28FN5O2.C7H8O3S/c1-18(21-8-16(25)24-11-14(19)4-15(24)7-20)5-12-9-23(10-13(12)6-18)17(26)22(2)3;1-6-2-4-7(5-3-6)11(8,9)10/h12-15,21H,4-6,8-11H2,1-3H3;2-5H,1H3,(H,8,9,10)/t12-,13+,14-,15-,18?;/m0./s1. The van der Waals surface area contributed by atoms with Gasteiger partial charge in [0.15, 0.2) is 0 Å². The quantitative estimate of drug-likeness (QED) is 0.562. The van der Waals surface area contributed by atoms with Crippen molar-refractivity contribution in [3.05, 3.63) is 29.8 Å². The highest BCUT2D eigenvalue weighted by Gasteiger charge is 2.48. The van der Waals surface area contributed by atoms with Gasteiger partial charge in [-0.25, -0.2) is 9.18 Å². The Hall–Kier alpha value is -2.75. The molecule has 2 heterocycles. The summed E-state index contributed by atoms with van der Waals surface area (Å²) in [4.78, 5) is 29.3. The third-order valence-corrected chi connectivity index (χ3v) is 8.23. The molecule has 4 rings (SSSR count). The van der Waals surface area contributed by atoms with E-state index in [1.807, 2.05) is 17.9 Å². The van der Waals surface area contributed by atoms with Crippen molar-refractivity contribution in [3.63, 3.8) is 0 Å². The van der Waals surface area contributed by atoms with Crippen LogP contribution in [0.5, 0.6) is 0 Å². The fraction of sp³-hybridized carbons (Fsp3) is 0.640. The predicted molar refractivity (Wildman–Crippen MR) is 135 cm³/mol. The zero-order valence-electron chi connectivity index (χ0n) is 21.7. The van der Waals surface area contributed by atoms with Crippen molar-refractivity contribution in [1.82, 2.24) is 20.0 Å². The minimum absolute atomic E-state index is 0.0162. The number of nitriles is 1. The summed E-state index contributed by atoms with van der Waals surface area (Å²) in [5.74, 6) is 0.681. The lowest BCUT2D eigenvalue weighted by Crippen LogP contribution is -2.49. The van der Waals surface area contributed by atoms with E-state index in [0.29, 0.717) is 11.8 Å². The molecule has 1 unspecified atom stereocenters. The number of nitrogens with zero attached hydrogens (tertiary/aromatic N) is 4. The van der Waals surface area contributed by atoms with Gasteiger partial charge in [-0.2, -0.15) is 13.7 Å². The van der Waals surface area contributed by atoms with Gasteiger partial charge in [0.2, 0.25) is 5.91 Å². The molecule has 2 aliphatic heterocycles. The van der Waals surface area contributed by atoms with Crippen LogP contribution < -0.4 is 5.32 Å². The first-order chi connectivity index (χ1) is 17.2. The molecule has 2 saturated heterocycles. The lowest BCUT2D eigenvalue weighted by molar-refractivity contribution is -0.130.